The second-order valence-electron chi connectivity index (χ2n) is 7.11. The highest BCUT2D eigenvalue weighted by molar-refractivity contribution is 9.10. The first-order valence-electron chi connectivity index (χ1n) is 9.66. The van der Waals surface area contributed by atoms with E-state index in [1.165, 1.54) is 4.31 Å². The summed E-state index contributed by atoms with van der Waals surface area (Å²) >= 11 is 3.42. The van der Waals surface area contributed by atoms with E-state index in [9.17, 15) is 18.0 Å². The monoisotopic (exact) mass is 493 g/mol. The lowest BCUT2D eigenvalue weighted by Crippen LogP contribution is -2.50. The van der Waals surface area contributed by atoms with Crippen molar-refractivity contribution in [1.29, 1.82) is 0 Å². The summed E-state index contributed by atoms with van der Waals surface area (Å²) in [5, 5.41) is 2.80. The Morgan fingerprint density at radius 3 is 2.30 bits per heavy atom. The van der Waals surface area contributed by atoms with E-state index in [0.29, 0.717) is 18.8 Å². The van der Waals surface area contributed by atoms with Crippen molar-refractivity contribution in [3.05, 3.63) is 58.6 Å². The predicted molar refractivity (Wildman–Crippen MR) is 119 cm³/mol. The molecule has 0 aliphatic carbocycles. The minimum absolute atomic E-state index is 0.0798. The van der Waals surface area contributed by atoms with E-state index >= 15 is 0 Å². The Kier molecular flexibility index (Phi) is 7.27. The van der Waals surface area contributed by atoms with Crippen LogP contribution in [0.15, 0.2) is 57.9 Å². The number of rotatable bonds is 6. The van der Waals surface area contributed by atoms with Crippen LogP contribution in [0.5, 0.6) is 0 Å². The van der Waals surface area contributed by atoms with Crippen molar-refractivity contribution in [2.24, 2.45) is 0 Å². The Labute approximate surface area is 185 Å². The number of hydrogen-bond acceptors (Lipinski definition) is 4. The minimum Gasteiger partial charge on any atom is -0.340 e. The van der Waals surface area contributed by atoms with Crippen molar-refractivity contribution < 1.29 is 18.0 Å². The summed E-state index contributed by atoms with van der Waals surface area (Å²) in [5.74, 6) is -0.371. The molecular weight excluding hydrogens is 470 g/mol. The van der Waals surface area contributed by atoms with Gasteiger partial charge >= 0.3 is 0 Å². The molecule has 1 saturated heterocycles. The molecular formula is C21H24BrN3O4S. The smallest absolute Gasteiger partial charge is 0.243 e. The van der Waals surface area contributed by atoms with Crippen molar-refractivity contribution in [3.8, 4) is 0 Å². The van der Waals surface area contributed by atoms with Gasteiger partial charge in [0.25, 0.3) is 0 Å². The fourth-order valence-corrected chi connectivity index (χ4v) is 4.93. The van der Waals surface area contributed by atoms with Gasteiger partial charge in [0, 0.05) is 49.2 Å². The Hall–Kier alpha value is -2.23. The second kappa shape index (κ2) is 9.72. The number of carbonyl (C=O) groups excluding carboxylic acids is 2. The molecule has 0 spiro atoms. The summed E-state index contributed by atoms with van der Waals surface area (Å²) in [4.78, 5) is 26.5. The minimum atomic E-state index is -3.55. The summed E-state index contributed by atoms with van der Waals surface area (Å²) in [6.45, 7) is 3.05. The number of nitrogens with zero attached hydrogens (tertiary/aromatic N) is 2. The molecule has 1 aliphatic rings. The molecule has 0 unspecified atom stereocenters. The van der Waals surface area contributed by atoms with E-state index in [-0.39, 0.29) is 42.6 Å². The molecule has 3 rings (SSSR count). The highest BCUT2D eigenvalue weighted by atomic mass is 79.9. The van der Waals surface area contributed by atoms with Crippen molar-refractivity contribution in [2.45, 2.75) is 24.7 Å². The molecule has 0 aromatic heterocycles. The Morgan fingerprint density at radius 2 is 1.67 bits per heavy atom. The van der Waals surface area contributed by atoms with Crippen LogP contribution in [0.1, 0.15) is 18.4 Å². The zero-order chi connectivity index (χ0) is 21.7. The van der Waals surface area contributed by atoms with Crippen LogP contribution in [-0.2, 0) is 19.6 Å². The number of sulfonamides is 1. The van der Waals surface area contributed by atoms with E-state index in [1.807, 2.05) is 19.1 Å². The van der Waals surface area contributed by atoms with Crippen molar-refractivity contribution in [1.82, 2.24) is 9.21 Å². The van der Waals surface area contributed by atoms with E-state index < -0.39 is 10.0 Å². The van der Waals surface area contributed by atoms with Crippen molar-refractivity contribution >= 4 is 43.5 Å². The summed E-state index contributed by atoms with van der Waals surface area (Å²) in [6, 6.07) is 13.8. The summed E-state index contributed by atoms with van der Waals surface area (Å²) in [6.07, 6.45) is 0.170. The highest BCUT2D eigenvalue weighted by Crippen LogP contribution is 2.20. The topological polar surface area (TPSA) is 86.8 Å². The van der Waals surface area contributed by atoms with Crippen LogP contribution in [0, 0.1) is 6.92 Å². The maximum atomic E-state index is 12.7. The van der Waals surface area contributed by atoms with Gasteiger partial charge in [-0.3, -0.25) is 9.59 Å². The van der Waals surface area contributed by atoms with E-state index in [1.54, 1.807) is 41.3 Å². The number of benzene rings is 2. The van der Waals surface area contributed by atoms with Crippen LogP contribution in [0.3, 0.4) is 0 Å². The van der Waals surface area contributed by atoms with Crippen LogP contribution in [0.4, 0.5) is 5.69 Å². The molecule has 160 valence electrons. The van der Waals surface area contributed by atoms with E-state index in [0.717, 1.165) is 10.0 Å². The molecule has 1 aliphatic heterocycles. The number of carbonyl (C=O) groups is 2. The molecule has 0 atom stereocenters. The molecule has 1 fully saturated rings. The standard InChI is InChI=1S/C21H24BrN3O4S/c1-16-15-17(7-8-19(16)22)23-20(26)9-10-21(27)24-11-13-25(14-12-24)30(28,29)18-5-3-2-4-6-18/h2-8,15H,9-14H2,1H3,(H,23,26). The molecule has 2 aromatic carbocycles. The Balaban J connectivity index is 1.47. The molecule has 0 saturated carbocycles. The number of nitrogens with one attached hydrogen (secondary N) is 1. The van der Waals surface area contributed by atoms with Gasteiger partial charge in [-0.25, -0.2) is 8.42 Å². The van der Waals surface area contributed by atoms with Gasteiger partial charge < -0.3 is 10.2 Å². The molecule has 9 heteroatoms. The number of amides is 2. The maximum Gasteiger partial charge on any atom is 0.243 e. The van der Waals surface area contributed by atoms with Crippen LogP contribution < -0.4 is 5.32 Å². The third-order valence-electron chi connectivity index (χ3n) is 4.98. The molecule has 2 amide bonds. The average Bonchev–Trinajstić information content (AvgIpc) is 2.75. The Morgan fingerprint density at radius 1 is 1.00 bits per heavy atom. The summed E-state index contributed by atoms with van der Waals surface area (Å²) in [5.41, 5.74) is 1.69. The first kappa shape index (κ1) is 22.5. The SMILES string of the molecule is Cc1cc(NC(=O)CCC(=O)N2CCN(S(=O)(=O)c3ccccc3)CC2)ccc1Br. The molecule has 1 N–H and O–H groups in total. The fourth-order valence-electron chi connectivity index (χ4n) is 3.24. The van der Waals surface area contributed by atoms with E-state index in [4.69, 9.17) is 0 Å². The maximum absolute atomic E-state index is 12.7. The number of piperazine rings is 1. The number of hydrogen-bond donors (Lipinski definition) is 1. The third-order valence-corrected chi connectivity index (χ3v) is 7.78. The average molecular weight is 494 g/mol. The first-order chi connectivity index (χ1) is 14.3. The number of halogens is 1. The van der Waals surface area contributed by atoms with Crippen LogP contribution in [0.25, 0.3) is 0 Å². The second-order valence-corrected chi connectivity index (χ2v) is 9.90. The summed E-state index contributed by atoms with van der Waals surface area (Å²) < 4.78 is 27.7. The van der Waals surface area contributed by atoms with Gasteiger partial charge in [-0.2, -0.15) is 4.31 Å². The lowest BCUT2D eigenvalue weighted by Gasteiger charge is -2.34. The van der Waals surface area contributed by atoms with Crippen LogP contribution in [0.2, 0.25) is 0 Å². The third kappa shape index (κ3) is 5.47. The number of anilines is 1. The Bertz CT molecular complexity index is 1020. The molecule has 1 heterocycles. The predicted octanol–water partition coefficient (Wildman–Crippen LogP) is 3.01. The van der Waals surface area contributed by atoms with Crippen molar-refractivity contribution in [2.75, 3.05) is 31.5 Å². The van der Waals surface area contributed by atoms with E-state index in [2.05, 4.69) is 21.2 Å². The quantitative estimate of drug-likeness (QED) is 0.669. The van der Waals surface area contributed by atoms with Gasteiger partial charge in [0.1, 0.15) is 0 Å². The van der Waals surface area contributed by atoms with Gasteiger partial charge in [-0.15, -0.1) is 0 Å². The number of aryl methyl sites for hydroxylation is 1. The van der Waals surface area contributed by atoms with Crippen molar-refractivity contribution in [3.63, 3.8) is 0 Å². The lowest BCUT2D eigenvalue weighted by atomic mass is 10.2. The zero-order valence-corrected chi connectivity index (χ0v) is 19.1. The van der Waals surface area contributed by atoms with Crippen LogP contribution in [-0.4, -0.2) is 55.6 Å². The van der Waals surface area contributed by atoms with Gasteiger partial charge in [0.05, 0.1) is 4.90 Å². The summed E-state index contributed by atoms with van der Waals surface area (Å²) in [7, 11) is -3.55. The van der Waals surface area contributed by atoms with Gasteiger partial charge in [-0.1, -0.05) is 34.1 Å². The molecule has 7 nitrogen and oxygen atoms in total. The normalized spacial score (nSPS) is 15.1. The first-order valence-corrected chi connectivity index (χ1v) is 11.9. The fraction of sp³-hybridized carbons (Fsp3) is 0.333. The lowest BCUT2D eigenvalue weighted by molar-refractivity contribution is -0.133. The molecule has 30 heavy (non-hydrogen) atoms. The van der Waals surface area contributed by atoms with Crippen LogP contribution >= 0.6 is 15.9 Å². The van der Waals surface area contributed by atoms with Gasteiger partial charge in [0.2, 0.25) is 21.8 Å². The molecule has 2 aromatic rings. The molecule has 0 radical (unpaired) electrons. The highest BCUT2D eigenvalue weighted by Gasteiger charge is 2.29. The molecule has 0 bridgehead atoms. The van der Waals surface area contributed by atoms with Gasteiger partial charge in [0.15, 0.2) is 0 Å². The largest absolute Gasteiger partial charge is 0.340 e. The van der Waals surface area contributed by atoms with Gasteiger partial charge in [-0.05, 0) is 42.8 Å². The zero-order valence-electron chi connectivity index (χ0n) is 16.7.